The van der Waals surface area contributed by atoms with Crippen LogP contribution in [0.1, 0.15) is 11.7 Å². The normalized spacial score (nSPS) is 27.4. The summed E-state index contributed by atoms with van der Waals surface area (Å²) in [5.74, 6) is -1.55. The molecule has 2 rings (SSSR count). The number of ether oxygens (including phenoxy) is 3. The Balaban J connectivity index is 2.32. The second-order valence-electron chi connectivity index (χ2n) is 4.58. The molecule has 1 saturated heterocycles. The van der Waals surface area contributed by atoms with Gasteiger partial charge in [0.25, 0.3) is 0 Å². The fourth-order valence-electron chi connectivity index (χ4n) is 2.40. The van der Waals surface area contributed by atoms with Gasteiger partial charge in [-0.3, -0.25) is 0 Å². The zero-order valence-corrected chi connectivity index (χ0v) is 11.6. The van der Waals surface area contributed by atoms with Crippen LogP contribution in [-0.4, -0.2) is 26.3 Å². The minimum Gasteiger partial charge on any atom is -0.497 e. The molecule has 0 amide bonds. The molecule has 0 bridgehead atoms. The third kappa shape index (κ3) is 2.67. The Kier molecular flexibility index (Phi) is 4.42. The highest BCUT2D eigenvalue weighted by atomic mass is 16.6. The molecule has 1 aliphatic heterocycles. The van der Waals surface area contributed by atoms with Crippen LogP contribution in [0.15, 0.2) is 24.3 Å². The maximum Gasteiger partial charge on any atom is 0.336 e. The molecule has 1 aromatic rings. The summed E-state index contributed by atoms with van der Waals surface area (Å²) in [5, 5.41) is 18.5. The molecule has 0 aliphatic carbocycles. The van der Waals surface area contributed by atoms with Gasteiger partial charge in [0, 0.05) is 0 Å². The standard InChI is InChI=1S/C15H14N2O4/c1-19-10-5-3-9(4-6-10)13-11(7-16)12(8-17)14(21-13)15(18)20-2/h3-6,11-14H,1-2H3/t11-,12-,13-,14+/m1/s1. The Morgan fingerprint density at radius 2 is 1.76 bits per heavy atom. The molecule has 0 N–H and O–H groups in total. The van der Waals surface area contributed by atoms with Crippen molar-refractivity contribution < 1.29 is 19.0 Å². The number of carbonyl (C=O) groups is 1. The third-order valence-electron chi connectivity index (χ3n) is 3.51. The lowest BCUT2D eigenvalue weighted by atomic mass is 9.86. The average Bonchev–Trinajstić information content (AvgIpc) is 2.92. The molecule has 0 radical (unpaired) electrons. The number of benzene rings is 1. The molecule has 0 unspecified atom stereocenters. The lowest BCUT2D eigenvalue weighted by molar-refractivity contribution is -0.154. The number of nitriles is 2. The third-order valence-corrected chi connectivity index (χ3v) is 3.51. The van der Waals surface area contributed by atoms with Crippen LogP contribution in [0.5, 0.6) is 5.75 Å². The van der Waals surface area contributed by atoms with Crippen molar-refractivity contribution in [2.24, 2.45) is 11.8 Å². The van der Waals surface area contributed by atoms with Gasteiger partial charge in [-0.05, 0) is 17.7 Å². The van der Waals surface area contributed by atoms with Crippen LogP contribution < -0.4 is 4.74 Å². The number of esters is 1. The van der Waals surface area contributed by atoms with Gasteiger partial charge in [-0.2, -0.15) is 10.5 Å². The van der Waals surface area contributed by atoms with E-state index in [9.17, 15) is 15.3 Å². The number of nitrogens with zero attached hydrogens (tertiary/aromatic N) is 2. The Bertz CT molecular complexity index is 600. The van der Waals surface area contributed by atoms with Crippen molar-refractivity contribution in [3.8, 4) is 17.9 Å². The van der Waals surface area contributed by atoms with Crippen molar-refractivity contribution in [3.63, 3.8) is 0 Å². The van der Waals surface area contributed by atoms with Gasteiger partial charge in [-0.25, -0.2) is 4.79 Å². The zero-order valence-electron chi connectivity index (χ0n) is 11.6. The van der Waals surface area contributed by atoms with Gasteiger partial charge >= 0.3 is 5.97 Å². The van der Waals surface area contributed by atoms with Crippen LogP contribution in [0.25, 0.3) is 0 Å². The highest BCUT2D eigenvalue weighted by Crippen LogP contribution is 2.42. The van der Waals surface area contributed by atoms with Crippen LogP contribution in [0, 0.1) is 34.5 Å². The first kappa shape index (κ1) is 14.8. The van der Waals surface area contributed by atoms with Crippen LogP contribution >= 0.6 is 0 Å². The van der Waals surface area contributed by atoms with Gasteiger partial charge in [-0.1, -0.05) is 12.1 Å². The molecule has 1 fully saturated rings. The monoisotopic (exact) mass is 286 g/mol. The molecule has 1 aromatic carbocycles. The van der Waals surface area contributed by atoms with Crippen molar-refractivity contribution in [2.75, 3.05) is 14.2 Å². The first-order valence-electron chi connectivity index (χ1n) is 6.32. The second kappa shape index (κ2) is 6.25. The molecule has 6 heteroatoms. The fraction of sp³-hybridized carbons (Fsp3) is 0.400. The summed E-state index contributed by atoms with van der Waals surface area (Å²) in [4.78, 5) is 11.7. The van der Waals surface area contributed by atoms with Crippen LogP contribution in [-0.2, 0) is 14.3 Å². The van der Waals surface area contributed by atoms with Crippen molar-refractivity contribution in [3.05, 3.63) is 29.8 Å². The van der Waals surface area contributed by atoms with E-state index in [1.807, 2.05) is 6.07 Å². The van der Waals surface area contributed by atoms with Crippen LogP contribution in [0.2, 0.25) is 0 Å². The zero-order chi connectivity index (χ0) is 15.4. The fourth-order valence-corrected chi connectivity index (χ4v) is 2.40. The molecular formula is C15H14N2O4. The van der Waals surface area contributed by atoms with E-state index in [2.05, 4.69) is 10.8 Å². The van der Waals surface area contributed by atoms with E-state index >= 15 is 0 Å². The summed E-state index contributed by atoms with van der Waals surface area (Å²) in [6.45, 7) is 0. The van der Waals surface area contributed by atoms with Crippen molar-refractivity contribution in [1.29, 1.82) is 10.5 Å². The van der Waals surface area contributed by atoms with E-state index in [1.165, 1.54) is 7.11 Å². The molecular weight excluding hydrogens is 272 g/mol. The Morgan fingerprint density at radius 1 is 1.14 bits per heavy atom. The highest BCUT2D eigenvalue weighted by Gasteiger charge is 2.49. The summed E-state index contributed by atoms with van der Waals surface area (Å²) in [5.41, 5.74) is 0.717. The summed E-state index contributed by atoms with van der Waals surface area (Å²) in [7, 11) is 2.78. The van der Waals surface area contributed by atoms with E-state index in [-0.39, 0.29) is 0 Å². The topological polar surface area (TPSA) is 92.3 Å². The van der Waals surface area contributed by atoms with E-state index in [0.717, 1.165) is 0 Å². The van der Waals surface area contributed by atoms with Gasteiger partial charge in [0.15, 0.2) is 6.10 Å². The summed E-state index contributed by atoms with van der Waals surface area (Å²) in [6.07, 6.45) is -1.69. The summed E-state index contributed by atoms with van der Waals surface area (Å²) < 4.78 is 15.3. The summed E-state index contributed by atoms with van der Waals surface area (Å²) in [6, 6.07) is 11.0. The predicted molar refractivity (Wildman–Crippen MR) is 70.8 cm³/mol. The van der Waals surface area contributed by atoms with Gasteiger partial charge in [0.1, 0.15) is 17.8 Å². The van der Waals surface area contributed by atoms with Gasteiger partial charge < -0.3 is 14.2 Å². The van der Waals surface area contributed by atoms with Crippen LogP contribution in [0.3, 0.4) is 0 Å². The number of methoxy groups -OCH3 is 2. The maximum atomic E-state index is 11.7. The molecule has 0 spiro atoms. The smallest absolute Gasteiger partial charge is 0.336 e. The van der Waals surface area contributed by atoms with Crippen LogP contribution in [0.4, 0.5) is 0 Å². The molecule has 0 aromatic heterocycles. The molecule has 0 saturated carbocycles. The second-order valence-corrected chi connectivity index (χ2v) is 4.58. The SMILES string of the molecule is COC(=O)[C@H]1O[C@H](c2ccc(OC)cc2)[C@H](C#N)[C@H]1C#N. The van der Waals surface area contributed by atoms with Gasteiger partial charge in [0.2, 0.25) is 0 Å². The number of carbonyl (C=O) groups excluding carboxylic acids is 1. The molecule has 4 atom stereocenters. The predicted octanol–water partition coefficient (Wildman–Crippen LogP) is 1.59. The van der Waals surface area contributed by atoms with E-state index in [0.29, 0.717) is 11.3 Å². The van der Waals surface area contributed by atoms with E-state index in [1.54, 1.807) is 31.4 Å². The molecule has 1 aliphatic rings. The largest absolute Gasteiger partial charge is 0.497 e. The number of hydrogen-bond acceptors (Lipinski definition) is 6. The molecule has 21 heavy (non-hydrogen) atoms. The Morgan fingerprint density at radius 3 is 2.24 bits per heavy atom. The molecule has 108 valence electrons. The molecule has 6 nitrogen and oxygen atoms in total. The average molecular weight is 286 g/mol. The van der Waals surface area contributed by atoms with Crippen molar-refractivity contribution in [2.45, 2.75) is 12.2 Å². The van der Waals surface area contributed by atoms with Gasteiger partial charge in [-0.15, -0.1) is 0 Å². The van der Waals surface area contributed by atoms with Crippen molar-refractivity contribution in [1.82, 2.24) is 0 Å². The maximum absolute atomic E-state index is 11.7. The first-order valence-corrected chi connectivity index (χ1v) is 6.32. The quantitative estimate of drug-likeness (QED) is 0.783. The van der Waals surface area contributed by atoms with E-state index in [4.69, 9.17) is 9.47 Å². The minimum absolute atomic E-state index is 0.641. The molecule has 1 heterocycles. The number of rotatable bonds is 3. The first-order chi connectivity index (χ1) is 10.2. The van der Waals surface area contributed by atoms with Gasteiger partial charge in [0.05, 0.1) is 32.3 Å². The lowest BCUT2D eigenvalue weighted by Crippen LogP contribution is -2.28. The van der Waals surface area contributed by atoms with E-state index < -0.39 is 30.0 Å². The highest BCUT2D eigenvalue weighted by molar-refractivity contribution is 5.76. The Labute approximate surface area is 122 Å². The number of hydrogen-bond donors (Lipinski definition) is 0. The summed E-state index contributed by atoms with van der Waals surface area (Å²) >= 11 is 0. The van der Waals surface area contributed by atoms with Crippen molar-refractivity contribution >= 4 is 5.97 Å². The Hall–Kier alpha value is -2.57. The minimum atomic E-state index is -1.04. The lowest BCUT2D eigenvalue weighted by Gasteiger charge is -2.14.